The summed E-state index contributed by atoms with van der Waals surface area (Å²) in [6, 6.07) is 2.89. The Morgan fingerprint density at radius 2 is 1.25 bits per heavy atom. The molecule has 0 bridgehead atoms. The van der Waals surface area contributed by atoms with Crippen molar-refractivity contribution in [2.75, 3.05) is 14.2 Å². The van der Waals surface area contributed by atoms with Crippen molar-refractivity contribution < 1.29 is 19.1 Å². The average Bonchev–Trinajstić information content (AvgIpc) is 2.30. The molecule has 1 aromatic carbocycles. The van der Waals surface area contributed by atoms with Gasteiger partial charge in [-0.05, 0) is 12.1 Å². The number of hydrogen-bond donors (Lipinski definition) is 2. The topological polar surface area (TPSA) is 52.6 Å². The average molecular weight is 258 g/mol. The molecule has 0 amide bonds. The Bertz CT molecular complexity index is 402. The van der Waals surface area contributed by atoms with E-state index in [2.05, 4.69) is 34.7 Å². The Hall–Kier alpha value is -1.14. The fourth-order valence-electron chi connectivity index (χ4n) is 1.13. The summed E-state index contributed by atoms with van der Waals surface area (Å²) in [5, 5.41) is 0. The van der Waals surface area contributed by atoms with Crippen molar-refractivity contribution in [2.24, 2.45) is 0 Å². The van der Waals surface area contributed by atoms with Crippen LogP contribution in [0.1, 0.15) is 20.7 Å². The maximum absolute atomic E-state index is 11.3. The number of carbonyl (C=O) groups is 2. The van der Waals surface area contributed by atoms with Crippen LogP contribution in [0, 0.1) is 0 Å². The third kappa shape index (κ3) is 2.33. The molecule has 4 nitrogen and oxygen atoms in total. The maximum atomic E-state index is 11.3. The molecule has 0 aliphatic heterocycles. The standard InChI is InChI=1S/C10H10O4S2/c1-13-9(11)5-3-4-6(10(12)14-2)8(16)7(5)15/h3-4,15-16H,1-2H3. The van der Waals surface area contributed by atoms with Crippen LogP contribution in [-0.2, 0) is 9.47 Å². The smallest absolute Gasteiger partial charge is 0.339 e. The van der Waals surface area contributed by atoms with Crippen molar-refractivity contribution >= 4 is 37.2 Å². The number of carbonyl (C=O) groups excluding carboxylic acids is 2. The molecule has 0 heterocycles. The van der Waals surface area contributed by atoms with E-state index in [4.69, 9.17) is 0 Å². The lowest BCUT2D eigenvalue weighted by molar-refractivity contribution is 0.0579. The van der Waals surface area contributed by atoms with Crippen LogP contribution in [0.4, 0.5) is 0 Å². The highest BCUT2D eigenvalue weighted by atomic mass is 32.1. The van der Waals surface area contributed by atoms with E-state index in [1.54, 1.807) is 0 Å². The summed E-state index contributed by atoms with van der Waals surface area (Å²) in [6.45, 7) is 0. The lowest BCUT2D eigenvalue weighted by Gasteiger charge is -2.09. The molecule has 0 saturated heterocycles. The Morgan fingerprint density at radius 3 is 1.50 bits per heavy atom. The normalized spacial score (nSPS) is 9.75. The molecular weight excluding hydrogens is 248 g/mol. The van der Waals surface area contributed by atoms with Crippen LogP contribution in [0.15, 0.2) is 21.9 Å². The Morgan fingerprint density at radius 1 is 0.938 bits per heavy atom. The Labute approximate surface area is 104 Å². The summed E-state index contributed by atoms with van der Waals surface area (Å²) >= 11 is 8.25. The van der Waals surface area contributed by atoms with Gasteiger partial charge in [0.2, 0.25) is 0 Å². The van der Waals surface area contributed by atoms with Gasteiger partial charge in [0.15, 0.2) is 0 Å². The highest BCUT2D eigenvalue weighted by Crippen LogP contribution is 2.27. The second kappa shape index (κ2) is 5.27. The van der Waals surface area contributed by atoms with Crippen molar-refractivity contribution in [3.8, 4) is 0 Å². The van der Waals surface area contributed by atoms with Crippen LogP contribution in [0.5, 0.6) is 0 Å². The Balaban J connectivity index is 3.28. The zero-order valence-electron chi connectivity index (χ0n) is 8.68. The van der Waals surface area contributed by atoms with Crippen LogP contribution >= 0.6 is 25.3 Å². The first kappa shape index (κ1) is 12.9. The molecule has 0 unspecified atom stereocenters. The van der Waals surface area contributed by atoms with E-state index in [-0.39, 0.29) is 20.9 Å². The third-order valence-corrected chi connectivity index (χ3v) is 3.07. The van der Waals surface area contributed by atoms with E-state index in [1.165, 1.54) is 26.4 Å². The van der Waals surface area contributed by atoms with Gasteiger partial charge in [0.05, 0.1) is 25.3 Å². The molecule has 0 N–H and O–H groups in total. The van der Waals surface area contributed by atoms with Gasteiger partial charge in [-0.1, -0.05) is 0 Å². The molecule has 0 fully saturated rings. The summed E-state index contributed by atoms with van der Waals surface area (Å²) in [7, 11) is 2.53. The number of benzene rings is 1. The van der Waals surface area contributed by atoms with Crippen molar-refractivity contribution in [2.45, 2.75) is 9.79 Å². The monoisotopic (exact) mass is 258 g/mol. The highest BCUT2D eigenvalue weighted by Gasteiger charge is 2.18. The van der Waals surface area contributed by atoms with Crippen LogP contribution in [0.3, 0.4) is 0 Å². The van der Waals surface area contributed by atoms with Gasteiger partial charge in [0.1, 0.15) is 0 Å². The number of thiol groups is 2. The van der Waals surface area contributed by atoms with Gasteiger partial charge in [-0.15, -0.1) is 25.3 Å². The predicted molar refractivity (Wildman–Crippen MR) is 63.6 cm³/mol. The molecule has 0 spiro atoms. The molecular formula is C10H10O4S2. The highest BCUT2D eigenvalue weighted by molar-refractivity contribution is 7.83. The minimum absolute atomic E-state index is 0.253. The fraction of sp³-hybridized carbons (Fsp3) is 0.200. The quantitative estimate of drug-likeness (QED) is 0.628. The second-order valence-electron chi connectivity index (χ2n) is 2.84. The number of esters is 2. The molecule has 0 aromatic heterocycles. The van der Waals surface area contributed by atoms with E-state index in [0.717, 1.165) is 0 Å². The number of hydrogen-bond acceptors (Lipinski definition) is 6. The molecule has 1 rings (SSSR count). The van der Waals surface area contributed by atoms with E-state index in [1.807, 2.05) is 0 Å². The van der Waals surface area contributed by atoms with Gasteiger partial charge in [0, 0.05) is 9.79 Å². The third-order valence-electron chi connectivity index (χ3n) is 1.96. The van der Waals surface area contributed by atoms with E-state index in [9.17, 15) is 9.59 Å². The SMILES string of the molecule is COC(=O)c1ccc(C(=O)OC)c(S)c1S. The first-order chi connectivity index (χ1) is 7.52. The molecule has 0 atom stereocenters. The van der Waals surface area contributed by atoms with Crippen molar-refractivity contribution in [1.82, 2.24) is 0 Å². The first-order valence-electron chi connectivity index (χ1n) is 4.24. The zero-order valence-corrected chi connectivity index (χ0v) is 10.5. The molecule has 0 aliphatic carbocycles. The lowest BCUT2D eigenvalue weighted by atomic mass is 10.1. The molecule has 16 heavy (non-hydrogen) atoms. The van der Waals surface area contributed by atoms with Gasteiger partial charge in [-0.25, -0.2) is 9.59 Å². The minimum Gasteiger partial charge on any atom is -0.465 e. The summed E-state index contributed by atoms with van der Waals surface area (Å²) in [5.41, 5.74) is 0.506. The molecule has 1 aromatic rings. The second-order valence-corrected chi connectivity index (χ2v) is 3.74. The van der Waals surface area contributed by atoms with Gasteiger partial charge >= 0.3 is 11.9 Å². The molecule has 0 aliphatic rings. The fourth-order valence-corrected chi connectivity index (χ4v) is 1.70. The molecule has 0 radical (unpaired) electrons. The summed E-state index contributed by atoms with van der Waals surface area (Å²) in [5.74, 6) is -1.06. The number of methoxy groups -OCH3 is 2. The van der Waals surface area contributed by atoms with Crippen LogP contribution in [0.25, 0.3) is 0 Å². The number of ether oxygens (including phenoxy) is 2. The largest absolute Gasteiger partial charge is 0.465 e. The summed E-state index contributed by atoms with van der Waals surface area (Å²) in [4.78, 5) is 23.2. The lowest BCUT2D eigenvalue weighted by Crippen LogP contribution is -2.07. The molecule has 0 saturated carbocycles. The maximum Gasteiger partial charge on any atom is 0.339 e. The zero-order chi connectivity index (χ0) is 12.3. The minimum atomic E-state index is -0.531. The van der Waals surface area contributed by atoms with Gasteiger partial charge in [0.25, 0.3) is 0 Å². The number of rotatable bonds is 2. The van der Waals surface area contributed by atoms with Gasteiger partial charge < -0.3 is 9.47 Å². The van der Waals surface area contributed by atoms with Crippen molar-refractivity contribution in [3.63, 3.8) is 0 Å². The van der Waals surface area contributed by atoms with Crippen LogP contribution in [0.2, 0.25) is 0 Å². The van der Waals surface area contributed by atoms with E-state index < -0.39 is 11.9 Å². The van der Waals surface area contributed by atoms with Crippen molar-refractivity contribution in [1.29, 1.82) is 0 Å². The van der Waals surface area contributed by atoms with E-state index in [0.29, 0.717) is 0 Å². The summed E-state index contributed by atoms with van der Waals surface area (Å²) < 4.78 is 9.12. The van der Waals surface area contributed by atoms with Gasteiger partial charge in [-0.3, -0.25) is 0 Å². The van der Waals surface area contributed by atoms with Gasteiger partial charge in [-0.2, -0.15) is 0 Å². The van der Waals surface area contributed by atoms with Crippen molar-refractivity contribution in [3.05, 3.63) is 23.3 Å². The Kier molecular flexibility index (Phi) is 4.26. The first-order valence-corrected chi connectivity index (χ1v) is 5.14. The summed E-state index contributed by atoms with van der Waals surface area (Å²) in [6.07, 6.45) is 0. The van der Waals surface area contributed by atoms with Crippen LogP contribution in [-0.4, -0.2) is 26.2 Å². The molecule has 86 valence electrons. The molecule has 6 heteroatoms. The van der Waals surface area contributed by atoms with E-state index >= 15 is 0 Å². The van der Waals surface area contributed by atoms with Crippen LogP contribution < -0.4 is 0 Å². The predicted octanol–water partition coefficient (Wildman–Crippen LogP) is 1.84.